The van der Waals surface area contributed by atoms with Gasteiger partial charge < -0.3 is 10.3 Å². The monoisotopic (exact) mass is 478 g/mol. The third-order valence-corrected chi connectivity index (χ3v) is 8.84. The molecule has 0 saturated carbocycles. The molecule has 1 fully saturated rings. The van der Waals surface area contributed by atoms with Crippen LogP contribution < -0.4 is 5.32 Å². The molecule has 1 atom stereocenters. The van der Waals surface area contributed by atoms with Gasteiger partial charge in [0.2, 0.25) is 15.9 Å². The van der Waals surface area contributed by atoms with Gasteiger partial charge in [-0.25, -0.2) is 8.42 Å². The molecule has 2 N–H and O–H groups in total. The second-order valence-corrected chi connectivity index (χ2v) is 11.0. The van der Waals surface area contributed by atoms with Crippen molar-refractivity contribution < 1.29 is 13.2 Å². The molecule has 0 aliphatic carbocycles. The van der Waals surface area contributed by atoms with Gasteiger partial charge in [-0.1, -0.05) is 24.3 Å². The molecule has 2 aliphatic rings. The predicted molar refractivity (Wildman–Crippen MR) is 135 cm³/mol. The molecular formula is C26H30N4O3S. The lowest BCUT2D eigenvalue weighted by atomic mass is 9.98. The molecule has 2 aromatic carbocycles. The van der Waals surface area contributed by atoms with Crippen LogP contribution in [-0.4, -0.2) is 60.7 Å². The van der Waals surface area contributed by atoms with E-state index in [0.29, 0.717) is 25.3 Å². The molecule has 5 rings (SSSR count). The molecule has 0 bridgehead atoms. The van der Waals surface area contributed by atoms with Crippen LogP contribution in [0.15, 0.2) is 65.7 Å². The first kappa shape index (κ1) is 22.8. The number of sulfonamides is 1. The summed E-state index contributed by atoms with van der Waals surface area (Å²) in [5.41, 5.74) is 4.27. The number of hydrogen-bond acceptors (Lipinski definition) is 4. The number of nitrogens with zero attached hydrogens (tertiary/aromatic N) is 2. The maximum atomic E-state index is 12.9. The van der Waals surface area contributed by atoms with E-state index in [0.717, 1.165) is 31.3 Å². The number of benzene rings is 2. The summed E-state index contributed by atoms with van der Waals surface area (Å²) < 4.78 is 26.9. The standard InChI is InChI=1S/C26H30N4O3S/c1-19(29-16-12-20(13-17-29)24-18-27-25-7-3-2-6-23(24)25)26(31)28-21-8-10-22(11-9-21)34(32,33)30-14-4-5-15-30/h2-3,6-12,18-19,27H,4-5,13-17H2,1H3,(H,28,31). The maximum absolute atomic E-state index is 12.9. The second-order valence-electron chi connectivity index (χ2n) is 9.02. The van der Waals surface area contributed by atoms with E-state index in [9.17, 15) is 13.2 Å². The number of aromatic nitrogens is 1. The highest BCUT2D eigenvalue weighted by molar-refractivity contribution is 7.89. The molecule has 34 heavy (non-hydrogen) atoms. The number of para-hydroxylation sites is 1. The van der Waals surface area contributed by atoms with E-state index in [1.165, 1.54) is 20.8 Å². The van der Waals surface area contributed by atoms with Gasteiger partial charge in [0.25, 0.3) is 0 Å². The Balaban J connectivity index is 1.21. The zero-order valence-electron chi connectivity index (χ0n) is 19.3. The first-order chi connectivity index (χ1) is 16.4. The number of hydrogen-bond donors (Lipinski definition) is 2. The van der Waals surface area contributed by atoms with Crippen LogP contribution in [0.2, 0.25) is 0 Å². The van der Waals surface area contributed by atoms with Gasteiger partial charge in [0.15, 0.2) is 0 Å². The number of aromatic amines is 1. The van der Waals surface area contributed by atoms with E-state index in [-0.39, 0.29) is 16.8 Å². The lowest BCUT2D eigenvalue weighted by Gasteiger charge is -2.31. The molecule has 3 aromatic rings. The van der Waals surface area contributed by atoms with Crippen molar-refractivity contribution in [1.82, 2.24) is 14.2 Å². The summed E-state index contributed by atoms with van der Waals surface area (Å²) in [6.45, 7) is 4.56. The molecule has 0 spiro atoms. The Kier molecular flexibility index (Phi) is 6.29. The van der Waals surface area contributed by atoms with Crippen LogP contribution >= 0.6 is 0 Å². The molecular weight excluding hydrogens is 448 g/mol. The Labute approximate surface area is 200 Å². The highest BCUT2D eigenvalue weighted by Crippen LogP contribution is 2.30. The minimum atomic E-state index is -3.45. The minimum Gasteiger partial charge on any atom is -0.361 e. The van der Waals surface area contributed by atoms with Gasteiger partial charge in [-0.05, 0) is 62.1 Å². The molecule has 8 heteroatoms. The van der Waals surface area contributed by atoms with Gasteiger partial charge in [0.1, 0.15) is 0 Å². The Morgan fingerprint density at radius 2 is 1.76 bits per heavy atom. The van der Waals surface area contributed by atoms with E-state index in [1.807, 2.05) is 13.0 Å². The number of rotatable bonds is 6. The average molecular weight is 479 g/mol. The predicted octanol–water partition coefficient (Wildman–Crippen LogP) is 4.07. The SMILES string of the molecule is CC(C(=O)Nc1ccc(S(=O)(=O)N2CCCC2)cc1)N1CC=C(c2c[nH]c3ccccc23)CC1. The fourth-order valence-corrected chi connectivity index (χ4v) is 6.34. The van der Waals surface area contributed by atoms with E-state index < -0.39 is 10.0 Å². The topological polar surface area (TPSA) is 85.5 Å². The fraction of sp³-hybridized carbons (Fsp3) is 0.346. The van der Waals surface area contributed by atoms with Crippen LogP contribution in [-0.2, 0) is 14.8 Å². The Morgan fingerprint density at radius 1 is 1.03 bits per heavy atom. The van der Waals surface area contributed by atoms with Crippen LogP contribution in [0.25, 0.3) is 16.5 Å². The van der Waals surface area contributed by atoms with E-state index in [2.05, 4.69) is 45.7 Å². The van der Waals surface area contributed by atoms with Crippen molar-refractivity contribution in [2.24, 2.45) is 0 Å². The summed E-state index contributed by atoms with van der Waals surface area (Å²) in [6.07, 6.45) is 6.96. The lowest BCUT2D eigenvalue weighted by Crippen LogP contribution is -2.44. The molecule has 7 nitrogen and oxygen atoms in total. The van der Waals surface area contributed by atoms with E-state index in [4.69, 9.17) is 0 Å². The van der Waals surface area contributed by atoms with Gasteiger partial charge in [0.05, 0.1) is 10.9 Å². The van der Waals surface area contributed by atoms with Gasteiger partial charge in [-0.2, -0.15) is 4.31 Å². The van der Waals surface area contributed by atoms with Crippen molar-refractivity contribution in [2.75, 3.05) is 31.5 Å². The fourth-order valence-electron chi connectivity index (χ4n) is 4.82. The van der Waals surface area contributed by atoms with Crippen molar-refractivity contribution in [3.05, 3.63) is 66.4 Å². The zero-order valence-corrected chi connectivity index (χ0v) is 20.1. The third-order valence-electron chi connectivity index (χ3n) is 6.93. The van der Waals surface area contributed by atoms with Gasteiger partial charge in [-0.15, -0.1) is 0 Å². The minimum absolute atomic E-state index is 0.0981. The van der Waals surface area contributed by atoms with Crippen molar-refractivity contribution in [2.45, 2.75) is 37.1 Å². The summed E-state index contributed by atoms with van der Waals surface area (Å²) in [7, 11) is -3.45. The van der Waals surface area contributed by atoms with Crippen LogP contribution in [0.1, 0.15) is 31.7 Å². The molecule has 1 aromatic heterocycles. The van der Waals surface area contributed by atoms with E-state index in [1.54, 1.807) is 24.3 Å². The highest BCUT2D eigenvalue weighted by atomic mass is 32.2. The van der Waals surface area contributed by atoms with Gasteiger partial charge >= 0.3 is 0 Å². The number of carbonyl (C=O) groups is 1. The summed E-state index contributed by atoms with van der Waals surface area (Å²) in [4.78, 5) is 18.6. The Bertz CT molecular complexity index is 1320. The lowest BCUT2D eigenvalue weighted by molar-refractivity contribution is -0.120. The number of anilines is 1. The summed E-state index contributed by atoms with van der Waals surface area (Å²) in [5, 5.41) is 4.16. The molecule has 3 heterocycles. The smallest absolute Gasteiger partial charge is 0.243 e. The number of fused-ring (bicyclic) bond motifs is 1. The van der Waals surface area contributed by atoms with Gasteiger partial charge in [-0.3, -0.25) is 9.69 Å². The van der Waals surface area contributed by atoms with Crippen molar-refractivity contribution in [3.63, 3.8) is 0 Å². The number of amides is 1. The van der Waals surface area contributed by atoms with Crippen LogP contribution in [0.5, 0.6) is 0 Å². The molecule has 1 saturated heterocycles. The van der Waals surface area contributed by atoms with Crippen LogP contribution in [0.4, 0.5) is 5.69 Å². The summed E-state index contributed by atoms with van der Waals surface area (Å²) >= 11 is 0. The maximum Gasteiger partial charge on any atom is 0.243 e. The van der Waals surface area contributed by atoms with Crippen molar-refractivity contribution in [1.29, 1.82) is 0 Å². The largest absolute Gasteiger partial charge is 0.361 e. The van der Waals surface area contributed by atoms with Crippen LogP contribution in [0.3, 0.4) is 0 Å². The molecule has 1 unspecified atom stereocenters. The normalized spacial score (nSPS) is 18.7. The Morgan fingerprint density at radius 3 is 2.47 bits per heavy atom. The molecule has 2 aliphatic heterocycles. The van der Waals surface area contributed by atoms with Crippen molar-refractivity contribution in [3.8, 4) is 0 Å². The molecule has 0 radical (unpaired) electrons. The molecule has 1 amide bonds. The van der Waals surface area contributed by atoms with Gasteiger partial charge in [0, 0.05) is 54.5 Å². The first-order valence-corrected chi connectivity index (χ1v) is 13.3. The summed E-state index contributed by atoms with van der Waals surface area (Å²) in [6, 6.07) is 14.5. The van der Waals surface area contributed by atoms with E-state index >= 15 is 0 Å². The highest BCUT2D eigenvalue weighted by Gasteiger charge is 2.27. The third kappa shape index (κ3) is 4.41. The Hall–Kier alpha value is -2.94. The quantitative estimate of drug-likeness (QED) is 0.559. The first-order valence-electron chi connectivity index (χ1n) is 11.8. The number of H-pyrrole nitrogens is 1. The summed E-state index contributed by atoms with van der Waals surface area (Å²) in [5.74, 6) is -0.0981. The zero-order chi connectivity index (χ0) is 23.7. The van der Waals surface area contributed by atoms with Crippen molar-refractivity contribution >= 4 is 38.1 Å². The van der Waals surface area contributed by atoms with Crippen LogP contribution in [0, 0.1) is 0 Å². The number of nitrogens with one attached hydrogen (secondary N) is 2. The average Bonchev–Trinajstić information content (AvgIpc) is 3.55. The number of carbonyl (C=O) groups excluding carboxylic acids is 1. The second kappa shape index (κ2) is 9.37. The molecule has 178 valence electrons.